The molecule has 13 nitrogen and oxygen atoms in total. The van der Waals surface area contributed by atoms with Crippen molar-refractivity contribution in [1.29, 1.82) is 0 Å². The van der Waals surface area contributed by atoms with Gasteiger partial charge in [-0.1, -0.05) is 42.5 Å². The van der Waals surface area contributed by atoms with E-state index < -0.39 is 20.2 Å². The van der Waals surface area contributed by atoms with E-state index in [0.29, 0.717) is 30.5 Å². The smallest absolute Gasteiger partial charge is 0.261 e. The van der Waals surface area contributed by atoms with Crippen molar-refractivity contribution in [2.75, 3.05) is 28.9 Å². The number of nitrogens with two attached hydrogens (primary N) is 1. The van der Waals surface area contributed by atoms with Gasteiger partial charge in [0.1, 0.15) is 17.5 Å². The highest BCUT2D eigenvalue weighted by atomic mass is 32.2. The zero-order valence-electron chi connectivity index (χ0n) is 20.3. The number of hydrogen-bond donors (Lipinski definition) is 6. The van der Waals surface area contributed by atoms with Crippen molar-refractivity contribution in [2.45, 2.75) is 19.5 Å². The van der Waals surface area contributed by atoms with Gasteiger partial charge in [0.2, 0.25) is 0 Å². The van der Waals surface area contributed by atoms with Gasteiger partial charge in [0.05, 0.1) is 12.5 Å². The normalized spacial score (nSPS) is 11.9. The van der Waals surface area contributed by atoms with Crippen LogP contribution in [0.5, 0.6) is 0 Å². The SMILES string of the molecule is CS(=O)(=O)O.CS(=O)(=O)O.C[C@H](Nc1ncnc2[nH]nc(NCc3ccc(N)cc3)c12)c1ccccc1. The van der Waals surface area contributed by atoms with E-state index in [9.17, 15) is 16.8 Å². The summed E-state index contributed by atoms with van der Waals surface area (Å²) < 4.78 is 51.7. The molecule has 1 atom stereocenters. The van der Waals surface area contributed by atoms with Crippen molar-refractivity contribution < 1.29 is 25.9 Å². The summed E-state index contributed by atoms with van der Waals surface area (Å²) in [6.07, 6.45) is 2.96. The second-order valence-electron chi connectivity index (χ2n) is 7.86. The number of aromatic amines is 1. The number of hydrogen-bond acceptors (Lipinski definition) is 10. The summed E-state index contributed by atoms with van der Waals surface area (Å²) >= 11 is 0. The van der Waals surface area contributed by atoms with E-state index in [1.807, 2.05) is 42.5 Å². The Morgan fingerprint density at radius 1 is 0.919 bits per heavy atom. The standard InChI is InChI=1S/C20H21N7.2CH4O3S/c1-13(15-5-3-2-4-6-15)25-18-17-19(26-27-20(17)24-12-23-18)22-11-14-7-9-16(21)10-8-14;2*1-5(2,3)4/h2-10,12-13H,11,21H2,1H3,(H3,22,23,24,25,26,27);2*1H3,(H,2,3,4)/t13-;;/m0../s1. The van der Waals surface area contributed by atoms with Crippen LogP contribution in [0.4, 0.5) is 17.3 Å². The Balaban J connectivity index is 0.000000412. The van der Waals surface area contributed by atoms with Crippen LogP contribution in [0.15, 0.2) is 60.9 Å². The van der Waals surface area contributed by atoms with Crippen molar-refractivity contribution in [2.24, 2.45) is 0 Å². The van der Waals surface area contributed by atoms with Crippen LogP contribution >= 0.6 is 0 Å². The Hall–Kier alpha value is -3.79. The number of H-pyrrole nitrogens is 1. The zero-order valence-corrected chi connectivity index (χ0v) is 22.0. The topological polar surface area (TPSA) is 213 Å². The van der Waals surface area contributed by atoms with E-state index >= 15 is 0 Å². The first kappa shape index (κ1) is 29.4. The average molecular weight is 552 g/mol. The lowest BCUT2D eigenvalue weighted by molar-refractivity contribution is 0.488. The Labute approximate surface area is 215 Å². The molecule has 0 unspecified atom stereocenters. The minimum atomic E-state index is -3.67. The van der Waals surface area contributed by atoms with Gasteiger partial charge in [-0.05, 0) is 30.2 Å². The molecule has 2 heterocycles. The van der Waals surface area contributed by atoms with Crippen LogP contribution in [0.25, 0.3) is 11.0 Å². The summed E-state index contributed by atoms with van der Waals surface area (Å²) in [6.45, 7) is 2.73. The number of anilines is 3. The molecule has 15 heteroatoms. The third-order valence-electron chi connectivity index (χ3n) is 4.45. The monoisotopic (exact) mass is 551 g/mol. The van der Waals surface area contributed by atoms with E-state index in [-0.39, 0.29) is 6.04 Å². The molecule has 7 N–H and O–H groups in total. The molecule has 200 valence electrons. The number of fused-ring (bicyclic) bond motifs is 1. The fraction of sp³-hybridized carbons (Fsp3) is 0.227. The summed E-state index contributed by atoms with van der Waals surface area (Å²) in [6, 6.07) is 18.1. The molecule has 0 bridgehead atoms. The van der Waals surface area contributed by atoms with Crippen molar-refractivity contribution >= 4 is 48.6 Å². The van der Waals surface area contributed by atoms with E-state index in [1.54, 1.807) is 0 Å². The van der Waals surface area contributed by atoms with Gasteiger partial charge < -0.3 is 16.4 Å². The van der Waals surface area contributed by atoms with Crippen LogP contribution in [-0.4, -0.2) is 58.6 Å². The third kappa shape index (κ3) is 11.7. The van der Waals surface area contributed by atoms with E-state index in [1.165, 1.54) is 11.9 Å². The molecular weight excluding hydrogens is 522 g/mol. The molecule has 4 rings (SSSR count). The minimum absolute atomic E-state index is 0.101. The van der Waals surface area contributed by atoms with Crippen molar-refractivity contribution in [3.63, 3.8) is 0 Å². The van der Waals surface area contributed by atoms with Gasteiger partial charge in [-0.3, -0.25) is 14.2 Å². The van der Waals surface area contributed by atoms with Crippen molar-refractivity contribution in [3.8, 4) is 0 Å². The molecule has 0 aliphatic rings. The molecule has 0 spiro atoms. The lowest BCUT2D eigenvalue weighted by Gasteiger charge is -2.15. The molecule has 2 aromatic heterocycles. The lowest BCUT2D eigenvalue weighted by Crippen LogP contribution is -2.09. The van der Waals surface area contributed by atoms with Gasteiger partial charge in [0.15, 0.2) is 11.5 Å². The second-order valence-corrected chi connectivity index (χ2v) is 10.8. The molecule has 0 radical (unpaired) electrons. The molecule has 0 saturated heterocycles. The number of rotatable bonds is 6. The molecular formula is C22H29N7O6S2. The second kappa shape index (κ2) is 13.0. The molecule has 4 aromatic rings. The fourth-order valence-electron chi connectivity index (χ4n) is 2.95. The molecule has 0 fully saturated rings. The van der Waals surface area contributed by atoms with Crippen LogP contribution in [0.1, 0.15) is 24.1 Å². The number of aromatic nitrogens is 4. The zero-order chi connectivity index (χ0) is 27.6. The maximum atomic E-state index is 9.19. The first-order chi connectivity index (χ1) is 17.2. The van der Waals surface area contributed by atoms with Gasteiger partial charge in [0, 0.05) is 18.3 Å². The summed E-state index contributed by atoms with van der Waals surface area (Å²) in [4.78, 5) is 8.72. The average Bonchev–Trinajstić information content (AvgIpc) is 3.21. The Morgan fingerprint density at radius 2 is 1.49 bits per heavy atom. The third-order valence-corrected chi connectivity index (χ3v) is 4.45. The van der Waals surface area contributed by atoms with Gasteiger partial charge in [-0.2, -0.15) is 21.9 Å². The van der Waals surface area contributed by atoms with Crippen LogP contribution in [0.2, 0.25) is 0 Å². The first-order valence-electron chi connectivity index (χ1n) is 10.6. The number of nitrogen functional groups attached to an aromatic ring is 1. The van der Waals surface area contributed by atoms with Crippen LogP contribution in [0, 0.1) is 0 Å². The minimum Gasteiger partial charge on any atom is -0.399 e. The van der Waals surface area contributed by atoms with E-state index in [4.69, 9.17) is 14.8 Å². The van der Waals surface area contributed by atoms with Gasteiger partial charge in [-0.15, -0.1) is 0 Å². The van der Waals surface area contributed by atoms with Gasteiger partial charge >= 0.3 is 0 Å². The maximum Gasteiger partial charge on any atom is 0.261 e. The fourth-order valence-corrected chi connectivity index (χ4v) is 2.95. The lowest BCUT2D eigenvalue weighted by atomic mass is 10.1. The summed E-state index contributed by atoms with van der Waals surface area (Å²) in [5, 5.41) is 15.0. The Morgan fingerprint density at radius 3 is 2.05 bits per heavy atom. The van der Waals surface area contributed by atoms with E-state index in [2.05, 4.69) is 49.9 Å². The molecule has 0 amide bonds. The number of nitrogens with zero attached hydrogens (tertiary/aromatic N) is 3. The van der Waals surface area contributed by atoms with Crippen LogP contribution in [0.3, 0.4) is 0 Å². The predicted octanol–water partition coefficient (Wildman–Crippen LogP) is 2.73. The highest BCUT2D eigenvalue weighted by Gasteiger charge is 2.15. The largest absolute Gasteiger partial charge is 0.399 e. The predicted molar refractivity (Wildman–Crippen MR) is 143 cm³/mol. The van der Waals surface area contributed by atoms with Crippen molar-refractivity contribution in [1.82, 2.24) is 20.2 Å². The highest BCUT2D eigenvalue weighted by molar-refractivity contribution is 7.85. The number of nitrogens with one attached hydrogen (secondary N) is 3. The van der Waals surface area contributed by atoms with Crippen LogP contribution in [-0.2, 0) is 26.8 Å². The molecule has 0 aliphatic carbocycles. The van der Waals surface area contributed by atoms with Gasteiger partial charge in [-0.25, -0.2) is 9.97 Å². The maximum absolute atomic E-state index is 9.19. The summed E-state index contributed by atoms with van der Waals surface area (Å²) in [5.41, 5.74) is 9.48. The Kier molecular flexibility index (Phi) is 10.3. The molecule has 37 heavy (non-hydrogen) atoms. The molecule has 0 saturated carbocycles. The number of benzene rings is 2. The van der Waals surface area contributed by atoms with Crippen LogP contribution < -0.4 is 16.4 Å². The quantitative estimate of drug-likeness (QED) is 0.151. The van der Waals surface area contributed by atoms with Crippen molar-refractivity contribution in [3.05, 3.63) is 72.1 Å². The Bertz CT molecular complexity index is 1450. The van der Waals surface area contributed by atoms with E-state index in [0.717, 1.165) is 22.5 Å². The molecule has 2 aromatic carbocycles. The highest BCUT2D eigenvalue weighted by Crippen LogP contribution is 2.28. The first-order valence-corrected chi connectivity index (χ1v) is 14.3. The molecule has 0 aliphatic heterocycles. The summed E-state index contributed by atoms with van der Waals surface area (Å²) in [7, 11) is -7.33. The summed E-state index contributed by atoms with van der Waals surface area (Å²) in [5.74, 6) is 1.45. The van der Waals surface area contributed by atoms with Gasteiger partial charge in [0.25, 0.3) is 20.2 Å².